The number of aromatic nitrogens is 1. The second-order valence-electron chi connectivity index (χ2n) is 3.59. The van der Waals surface area contributed by atoms with Crippen molar-refractivity contribution in [2.24, 2.45) is 5.92 Å². The van der Waals surface area contributed by atoms with Gasteiger partial charge < -0.3 is 4.90 Å². The van der Waals surface area contributed by atoms with Crippen molar-refractivity contribution in [2.75, 3.05) is 18.5 Å². The highest BCUT2D eigenvalue weighted by atomic mass is 19.1. The van der Waals surface area contributed by atoms with Gasteiger partial charge in [0.1, 0.15) is 5.82 Å². The van der Waals surface area contributed by atoms with Crippen LogP contribution in [-0.4, -0.2) is 18.6 Å². The van der Waals surface area contributed by atoms with Crippen molar-refractivity contribution >= 4 is 5.82 Å². The fourth-order valence-corrected chi connectivity index (χ4v) is 1.25. The highest BCUT2D eigenvalue weighted by molar-refractivity contribution is 5.36. The molecule has 0 fully saturated rings. The summed E-state index contributed by atoms with van der Waals surface area (Å²) in [7, 11) is 1.92. The first-order chi connectivity index (χ1) is 6.09. The van der Waals surface area contributed by atoms with Gasteiger partial charge in [0.25, 0.3) is 0 Å². The molecule has 0 bridgehead atoms. The molecule has 0 saturated heterocycles. The summed E-state index contributed by atoms with van der Waals surface area (Å²) in [5.74, 6) is 0.817. The van der Waals surface area contributed by atoms with E-state index in [1.807, 2.05) is 18.0 Å². The van der Waals surface area contributed by atoms with Crippen LogP contribution in [-0.2, 0) is 0 Å². The molecule has 3 heteroatoms. The van der Waals surface area contributed by atoms with E-state index in [1.165, 1.54) is 6.07 Å². The number of hydrogen-bond acceptors (Lipinski definition) is 2. The van der Waals surface area contributed by atoms with E-state index in [-0.39, 0.29) is 0 Å². The van der Waals surface area contributed by atoms with E-state index in [0.29, 0.717) is 11.7 Å². The summed E-state index contributed by atoms with van der Waals surface area (Å²) < 4.78 is 12.7. The molecule has 0 aliphatic rings. The molecule has 0 N–H and O–H groups in total. The number of hydrogen-bond donors (Lipinski definition) is 0. The van der Waals surface area contributed by atoms with Crippen LogP contribution in [0.2, 0.25) is 0 Å². The lowest BCUT2D eigenvalue weighted by Gasteiger charge is -2.19. The average molecular weight is 182 g/mol. The first kappa shape index (κ1) is 9.96. The third-order valence-electron chi connectivity index (χ3n) is 1.73. The standard InChI is InChI=1S/C10H15FN2/c1-8(2)7-13(3)10-6-4-5-9(11)12-10/h4-6,8H,7H2,1-3H3. The van der Waals surface area contributed by atoms with E-state index >= 15 is 0 Å². The van der Waals surface area contributed by atoms with E-state index in [1.54, 1.807) is 6.07 Å². The van der Waals surface area contributed by atoms with Crippen LogP contribution in [0.15, 0.2) is 18.2 Å². The lowest BCUT2D eigenvalue weighted by Crippen LogP contribution is -2.23. The van der Waals surface area contributed by atoms with Crippen LogP contribution in [0, 0.1) is 11.9 Å². The number of anilines is 1. The maximum Gasteiger partial charge on any atom is 0.214 e. The third kappa shape index (κ3) is 3.01. The molecule has 1 heterocycles. The van der Waals surface area contributed by atoms with Crippen molar-refractivity contribution in [1.82, 2.24) is 4.98 Å². The molecular weight excluding hydrogens is 167 g/mol. The predicted octanol–water partition coefficient (Wildman–Crippen LogP) is 2.31. The summed E-state index contributed by atoms with van der Waals surface area (Å²) in [6.07, 6.45) is 0. The minimum absolute atomic E-state index is 0.423. The second kappa shape index (κ2) is 4.21. The molecule has 0 unspecified atom stereocenters. The Labute approximate surface area is 78.4 Å². The summed E-state index contributed by atoms with van der Waals surface area (Å²) in [5, 5.41) is 0. The first-order valence-corrected chi connectivity index (χ1v) is 4.43. The van der Waals surface area contributed by atoms with Crippen molar-refractivity contribution in [3.05, 3.63) is 24.1 Å². The largest absolute Gasteiger partial charge is 0.359 e. The molecule has 1 rings (SSSR count). The molecule has 0 saturated carbocycles. The van der Waals surface area contributed by atoms with Gasteiger partial charge in [-0.05, 0) is 18.1 Å². The first-order valence-electron chi connectivity index (χ1n) is 4.43. The molecule has 2 nitrogen and oxygen atoms in total. The SMILES string of the molecule is CC(C)CN(C)c1cccc(F)n1. The van der Waals surface area contributed by atoms with Crippen LogP contribution in [0.4, 0.5) is 10.2 Å². The maximum absolute atomic E-state index is 12.7. The summed E-state index contributed by atoms with van der Waals surface area (Å²) in [5.41, 5.74) is 0. The molecule has 1 aromatic heterocycles. The van der Waals surface area contributed by atoms with Gasteiger partial charge in [-0.3, -0.25) is 0 Å². The Balaban J connectivity index is 2.71. The molecule has 0 amide bonds. The summed E-state index contributed by atoms with van der Waals surface area (Å²) in [6.45, 7) is 5.13. The number of nitrogens with zero attached hydrogens (tertiary/aromatic N) is 2. The van der Waals surface area contributed by atoms with Gasteiger partial charge in [0.15, 0.2) is 0 Å². The maximum atomic E-state index is 12.7. The summed E-state index contributed by atoms with van der Waals surface area (Å²) in [6, 6.07) is 4.84. The van der Waals surface area contributed by atoms with E-state index in [2.05, 4.69) is 18.8 Å². The number of rotatable bonds is 3. The van der Waals surface area contributed by atoms with Crippen LogP contribution in [0.25, 0.3) is 0 Å². The van der Waals surface area contributed by atoms with Gasteiger partial charge in [0.05, 0.1) is 0 Å². The van der Waals surface area contributed by atoms with Crippen LogP contribution < -0.4 is 4.90 Å². The molecule has 13 heavy (non-hydrogen) atoms. The molecule has 72 valence electrons. The zero-order chi connectivity index (χ0) is 9.84. The molecule has 0 radical (unpaired) electrons. The Hall–Kier alpha value is -1.12. The molecule has 0 atom stereocenters. The molecule has 0 spiro atoms. The van der Waals surface area contributed by atoms with Crippen LogP contribution >= 0.6 is 0 Å². The molecule has 1 aromatic rings. The Morgan fingerprint density at radius 1 is 1.46 bits per heavy atom. The zero-order valence-electron chi connectivity index (χ0n) is 8.29. The van der Waals surface area contributed by atoms with Crippen molar-refractivity contribution < 1.29 is 4.39 Å². The second-order valence-corrected chi connectivity index (χ2v) is 3.59. The number of pyridine rings is 1. The van der Waals surface area contributed by atoms with Gasteiger partial charge in [-0.15, -0.1) is 0 Å². The van der Waals surface area contributed by atoms with Gasteiger partial charge in [-0.1, -0.05) is 19.9 Å². The minimum atomic E-state index is -0.423. The van der Waals surface area contributed by atoms with Gasteiger partial charge in [0.2, 0.25) is 5.95 Å². The van der Waals surface area contributed by atoms with Gasteiger partial charge in [-0.2, -0.15) is 4.39 Å². The smallest absolute Gasteiger partial charge is 0.214 e. The summed E-state index contributed by atoms with van der Waals surface area (Å²) >= 11 is 0. The van der Waals surface area contributed by atoms with Crippen molar-refractivity contribution in [3.8, 4) is 0 Å². The highest BCUT2D eigenvalue weighted by Crippen LogP contribution is 2.10. The Bertz CT molecular complexity index is 273. The van der Waals surface area contributed by atoms with Crippen molar-refractivity contribution in [2.45, 2.75) is 13.8 Å². The normalized spacial score (nSPS) is 10.5. The monoisotopic (exact) mass is 182 g/mol. The zero-order valence-corrected chi connectivity index (χ0v) is 8.29. The van der Waals surface area contributed by atoms with Gasteiger partial charge in [0, 0.05) is 13.6 Å². The van der Waals surface area contributed by atoms with Gasteiger partial charge in [-0.25, -0.2) is 4.98 Å². The number of halogens is 1. The quantitative estimate of drug-likeness (QED) is 0.667. The molecular formula is C10H15FN2. The Morgan fingerprint density at radius 3 is 2.69 bits per heavy atom. The van der Waals surface area contributed by atoms with E-state index < -0.39 is 5.95 Å². The van der Waals surface area contributed by atoms with Crippen LogP contribution in [0.1, 0.15) is 13.8 Å². The fourth-order valence-electron chi connectivity index (χ4n) is 1.25. The third-order valence-corrected chi connectivity index (χ3v) is 1.73. The Morgan fingerprint density at radius 2 is 2.15 bits per heavy atom. The fraction of sp³-hybridized carbons (Fsp3) is 0.500. The average Bonchev–Trinajstić information content (AvgIpc) is 2.03. The van der Waals surface area contributed by atoms with Crippen LogP contribution in [0.3, 0.4) is 0 Å². The molecule has 0 aliphatic heterocycles. The summed E-state index contributed by atoms with van der Waals surface area (Å²) in [4.78, 5) is 5.74. The van der Waals surface area contributed by atoms with Gasteiger partial charge >= 0.3 is 0 Å². The van der Waals surface area contributed by atoms with E-state index in [4.69, 9.17) is 0 Å². The van der Waals surface area contributed by atoms with Crippen molar-refractivity contribution in [3.63, 3.8) is 0 Å². The predicted molar refractivity (Wildman–Crippen MR) is 52.3 cm³/mol. The topological polar surface area (TPSA) is 16.1 Å². The van der Waals surface area contributed by atoms with Crippen molar-refractivity contribution in [1.29, 1.82) is 0 Å². The highest BCUT2D eigenvalue weighted by Gasteiger charge is 2.04. The lowest BCUT2D eigenvalue weighted by molar-refractivity contribution is 0.576. The molecule has 0 aliphatic carbocycles. The van der Waals surface area contributed by atoms with E-state index in [0.717, 1.165) is 6.54 Å². The molecule has 0 aromatic carbocycles. The van der Waals surface area contributed by atoms with Crippen LogP contribution in [0.5, 0.6) is 0 Å². The van der Waals surface area contributed by atoms with E-state index in [9.17, 15) is 4.39 Å². The minimum Gasteiger partial charge on any atom is -0.359 e. The Kier molecular flexibility index (Phi) is 3.23. The lowest BCUT2D eigenvalue weighted by atomic mass is 10.2.